The minimum Gasteiger partial charge on any atom is -0.313 e. The minimum absolute atomic E-state index is 0.254. The molecule has 0 aromatic rings. The maximum absolute atomic E-state index is 11.4. The van der Waals surface area contributed by atoms with Crippen molar-refractivity contribution >= 4 is 10.0 Å². The van der Waals surface area contributed by atoms with Gasteiger partial charge in [0, 0.05) is 18.1 Å². The largest absolute Gasteiger partial charge is 0.313 e. The van der Waals surface area contributed by atoms with E-state index in [2.05, 4.69) is 23.9 Å². The molecule has 0 aromatic carbocycles. The zero-order valence-electron chi connectivity index (χ0n) is 10.5. The van der Waals surface area contributed by atoms with Crippen LogP contribution in [0.2, 0.25) is 0 Å². The summed E-state index contributed by atoms with van der Waals surface area (Å²) < 4.78 is 25.7. The number of hydrogen-bond donors (Lipinski definition) is 2. The Kier molecular flexibility index (Phi) is 4.76. The summed E-state index contributed by atoms with van der Waals surface area (Å²) in [6, 6.07) is 0.389. The molecule has 1 fully saturated rings. The van der Waals surface area contributed by atoms with Crippen molar-refractivity contribution < 1.29 is 8.42 Å². The summed E-state index contributed by atoms with van der Waals surface area (Å²) in [5.41, 5.74) is -0.254. The highest BCUT2D eigenvalue weighted by atomic mass is 32.2. The van der Waals surface area contributed by atoms with Gasteiger partial charge in [-0.05, 0) is 12.8 Å². The Bertz CT molecular complexity index is 306. The van der Waals surface area contributed by atoms with Gasteiger partial charge in [-0.25, -0.2) is 13.1 Å². The van der Waals surface area contributed by atoms with Crippen molar-refractivity contribution in [2.75, 3.05) is 12.8 Å². The van der Waals surface area contributed by atoms with E-state index >= 15 is 0 Å². The van der Waals surface area contributed by atoms with Gasteiger partial charge >= 0.3 is 0 Å². The summed E-state index contributed by atoms with van der Waals surface area (Å²) in [4.78, 5) is 0. The Morgan fingerprint density at radius 1 is 1.19 bits per heavy atom. The van der Waals surface area contributed by atoms with Crippen LogP contribution in [0.5, 0.6) is 0 Å². The highest BCUT2D eigenvalue weighted by Gasteiger charge is 2.34. The van der Waals surface area contributed by atoms with Crippen LogP contribution in [0, 0.1) is 0 Å². The van der Waals surface area contributed by atoms with Crippen molar-refractivity contribution in [3.05, 3.63) is 0 Å². The van der Waals surface area contributed by atoms with E-state index in [-0.39, 0.29) is 5.54 Å². The van der Waals surface area contributed by atoms with Crippen molar-refractivity contribution in [3.63, 3.8) is 0 Å². The van der Waals surface area contributed by atoms with Crippen LogP contribution < -0.4 is 10.0 Å². The quantitative estimate of drug-likeness (QED) is 0.769. The van der Waals surface area contributed by atoms with Gasteiger partial charge in [-0.15, -0.1) is 0 Å². The molecule has 0 amide bonds. The van der Waals surface area contributed by atoms with E-state index in [4.69, 9.17) is 0 Å². The molecule has 0 aliphatic heterocycles. The molecule has 0 radical (unpaired) electrons. The predicted octanol–water partition coefficient (Wildman–Crippen LogP) is 1.24. The SMILES string of the molecule is CC(C)NCC1(NS(C)(=O)=O)CCCCC1. The van der Waals surface area contributed by atoms with Crippen molar-refractivity contribution in [2.24, 2.45) is 0 Å². The zero-order chi connectivity index (χ0) is 12.2. The summed E-state index contributed by atoms with van der Waals surface area (Å²) in [7, 11) is -3.12. The second-order valence-corrected chi connectivity index (χ2v) is 7.00. The molecule has 96 valence electrons. The molecule has 2 N–H and O–H groups in total. The van der Waals surface area contributed by atoms with E-state index in [1.54, 1.807) is 0 Å². The van der Waals surface area contributed by atoms with Gasteiger partial charge in [0.2, 0.25) is 10.0 Å². The van der Waals surface area contributed by atoms with Crippen LogP contribution in [0.1, 0.15) is 46.0 Å². The first-order valence-corrected chi connectivity index (χ1v) is 7.94. The van der Waals surface area contributed by atoms with Gasteiger partial charge in [0.1, 0.15) is 0 Å². The fourth-order valence-electron chi connectivity index (χ4n) is 2.34. The van der Waals surface area contributed by atoms with Gasteiger partial charge in [-0.3, -0.25) is 0 Å². The van der Waals surface area contributed by atoms with Crippen LogP contribution in [0.3, 0.4) is 0 Å². The molecule has 0 unspecified atom stereocenters. The van der Waals surface area contributed by atoms with E-state index < -0.39 is 10.0 Å². The average Bonchev–Trinajstić information content (AvgIpc) is 2.14. The van der Waals surface area contributed by atoms with Crippen LogP contribution >= 0.6 is 0 Å². The lowest BCUT2D eigenvalue weighted by molar-refractivity contribution is 0.253. The van der Waals surface area contributed by atoms with E-state index in [9.17, 15) is 8.42 Å². The first-order chi connectivity index (χ1) is 7.33. The molecule has 5 heteroatoms. The molecule has 1 aliphatic carbocycles. The molecular formula is C11H24N2O2S. The van der Waals surface area contributed by atoms with Crippen LogP contribution in [-0.2, 0) is 10.0 Å². The molecule has 0 aromatic heterocycles. The van der Waals surface area contributed by atoms with Crippen LogP contribution in [0.15, 0.2) is 0 Å². The second-order valence-electron chi connectivity index (χ2n) is 5.25. The van der Waals surface area contributed by atoms with Gasteiger partial charge in [0.25, 0.3) is 0 Å². The number of hydrogen-bond acceptors (Lipinski definition) is 3. The normalized spacial score (nSPS) is 21.2. The van der Waals surface area contributed by atoms with Gasteiger partial charge in [0.15, 0.2) is 0 Å². The maximum atomic E-state index is 11.4. The fourth-order valence-corrected chi connectivity index (χ4v) is 3.40. The molecule has 1 saturated carbocycles. The van der Waals surface area contributed by atoms with Crippen molar-refractivity contribution in [1.29, 1.82) is 0 Å². The van der Waals surface area contributed by atoms with Gasteiger partial charge in [-0.1, -0.05) is 33.1 Å². The standard InChI is InChI=1S/C11H24N2O2S/c1-10(2)12-9-11(13-16(3,14)15)7-5-4-6-8-11/h10,12-13H,4-9H2,1-3H3. The van der Waals surface area contributed by atoms with Gasteiger partial charge < -0.3 is 5.32 Å². The zero-order valence-corrected chi connectivity index (χ0v) is 11.4. The van der Waals surface area contributed by atoms with Crippen molar-refractivity contribution in [3.8, 4) is 0 Å². The van der Waals surface area contributed by atoms with E-state index in [0.717, 1.165) is 32.2 Å². The molecule has 4 nitrogen and oxygen atoms in total. The molecule has 0 heterocycles. The Morgan fingerprint density at radius 2 is 1.75 bits per heavy atom. The molecule has 0 atom stereocenters. The third-order valence-electron chi connectivity index (χ3n) is 3.06. The lowest BCUT2D eigenvalue weighted by atomic mass is 9.82. The molecular weight excluding hydrogens is 224 g/mol. The van der Waals surface area contributed by atoms with Crippen molar-refractivity contribution in [1.82, 2.24) is 10.0 Å². The average molecular weight is 248 g/mol. The van der Waals surface area contributed by atoms with E-state index in [0.29, 0.717) is 6.04 Å². The van der Waals surface area contributed by atoms with Crippen LogP contribution in [0.4, 0.5) is 0 Å². The fraction of sp³-hybridized carbons (Fsp3) is 1.00. The number of sulfonamides is 1. The molecule has 0 bridgehead atoms. The number of rotatable bonds is 5. The Morgan fingerprint density at radius 3 is 2.19 bits per heavy atom. The third-order valence-corrected chi connectivity index (χ3v) is 3.87. The van der Waals surface area contributed by atoms with Gasteiger partial charge in [-0.2, -0.15) is 0 Å². The predicted molar refractivity (Wildman–Crippen MR) is 66.9 cm³/mol. The maximum Gasteiger partial charge on any atom is 0.209 e. The molecule has 0 saturated heterocycles. The summed E-state index contributed by atoms with van der Waals surface area (Å²) >= 11 is 0. The highest BCUT2D eigenvalue weighted by molar-refractivity contribution is 7.88. The molecule has 1 aliphatic rings. The monoisotopic (exact) mass is 248 g/mol. The van der Waals surface area contributed by atoms with E-state index in [1.807, 2.05) is 0 Å². The Balaban J connectivity index is 2.67. The molecule has 16 heavy (non-hydrogen) atoms. The molecule has 1 rings (SSSR count). The van der Waals surface area contributed by atoms with E-state index in [1.165, 1.54) is 12.7 Å². The summed E-state index contributed by atoms with van der Waals surface area (Å²) in [6.45, 7) is 4.89. The Hall–Kier alpha value is -0.130. The van der Waals surface area contributed by atoms with Gasteiger partial charge in [0.05, 0.1) is 6.26 Å². The lowest BCUT2D eigenvalue weighted by Crippen LogP contribution is -2.56. The van der Waals surface area contributed by atoms with Crippen molar-refractivity contribution in [2.45, 2.75) is 57.5 Å². The highest BCUT2D eigenvalue weighted by Crippen LogP contribution is 2.28. The van der Waals surface area contributed by atoms with Crippen LogP contribution in [-0.4, -0.2) is 32.8 Å². The Labute approximate surface area is 99.2 Å². The summed E-state index contributed by atoms with van der Waals surface area (Å²) in [6.07, 6.45) is 6.58. The summed E-state index contributed by atoms with van der Waals surface area (Å²) in [5, 5.41) is 3.35. The lowest BCUT2D eigenvalue weighted by Gasteiger charge is -2.38. The first kappa shape index (κ1) is 13.9. The third kappa shape index (κ3) is 4.80. The molecule has 0 spiro atoms. The summed E-state index contributed by atoms with van der Waals surface area (Å²) in [5.74, 6) is 0. The smallest absolute Gasteiger partial charge is 0.209 e. The minimum atomic E-state index is -3.12. The second kappa shape index (κ2) is 5.47. The van der Waals surface area contributed by atoms with Crippen LogP contribution in [0.25, 0.3) is 0 Å². The first-order valence-electron chi connectivity index (χ1n) is 6.05. The number of nitrogens with one attached hydrogen (secondary N) is 2. The topological polar surface area (TPSA) is 58.2 Å².